The van der Waals surface area contributed by atoms with Gasteiger partial charge in [0.25, 0.3) is 0 Å². The third-order valence-corrected chi connectivity index (χ3v) is 3.25. The van der Waals surface area contributed by atoms with Crippen molar-refractivity contribution in [3.8, 4) is 0 Å². The third kappa shape index (κ3) is 2.94. The number of hydrogen-bond donors (Lipinski definition) is 1. The van der Waals surface area contributed by atoms with Gasteiger partial charge < -0.3 is 14.6 Å². The van der Waals surface area contributed by atoms with Gasteiger partial charge in [0.2, 0.25) is 0 Å². The number of hydrogen-bond acceptors (Lipinski definition) is 3. The van der Waals surface area contributed by atoms with E-state index in [2.05, 4.69) is 6.92 Å². The van der Waals surface area contributed by atoms with Crippen molar-refractivity contribution in [1.82, 2.24) is 0 Å². The summed E-state index contributed by atoms with van der Waals surface area (Å²) in [5.41, 5.74) is -0.545. The molecule has 1 N–H and O–H groups in total. The molecule has 84 valence electrons. The molecule has 0 spiro atoms. The number of ether oxygens (including phenoxy) is 2. The van der Waals surface area contributed by atoms with Gasteiger partial charge in [-0.3, -0.25) is 0 Å². The van der Waals surface area contributed by atoms with E-state index in [1.54, 1.807) is 7.11 Å². The van der Waals surface area contributed by atoms with Crippen LogP contribution in [0.5, 0.6) is 0 Å². The minimum Gasteiger partial charge on any atom is -0.389 e. The van der Waals surface area contributed by atoms with Gasteiger partial charge in [0, 0.05) is 26.7 Å². The molecule has 0 aromatic rings. The van der Waals surface area contributed by atoms with Crippen molar-refractivity contribution in [2.45, 2.75) is 44.8 Å². The van der Waals surface area contributed by atoms with Gasteiger partial charge in [-0.2, -0.15) is 0 Å². The molecule has 3 unspecified atom stereocenters. The maximum absolute atomic E-state index is 10.4. The van der Waals surface area contributed by atoms with Crippen LogP contribution >= 0.6 is 0 Å². The Morgan fingerprint density at radius 3 is 2.93 bits per heavy atom. The fourth-order valence-corrected chi connectivity index (χ4v) is 2.11. The highest BCUT2D eigenvalue weighted by Gasteiger charge is 2.37. The fraction of sp³-hybridized carbons (Fsp3) is 1.00. The molecule has 3 nitrogen and oxygen atoms in total. The van der Waals surface area contributed by atoms with Crippen molar-refractivity contribution in [2.24, 2.45) is 5.92 Å². The Morgan fingerprint density at radius 1 is 1.64 bits per heavy atom. The maximum Gasteiger partial charge on any atom is 0.0720 e. The van der Waals surface area contributed by atoms with Crippen LogP contribution in [0.1, 0.15) is 33.1 Å². The zero-order valence-electron chi connectivity index (χ0n) is 9.45. The lowest BCUT2D eigenvalue weighted by Crippen LogP contribution is -2.45. The van der Waals surface area contributed by atoms with Crippen LogP contribution in [-0.2, 0) is 9.47 Å². The van der Waals surface area contributed by atoms with Crippen molar-refractivity contribution in [3.63, 3.8) is 0 Å². The Balaban J connectivity index is 2.45. The van der Waals surface area contributed by atoms with E-state index in [9.17, 15) is 5.11 Å². The first-order valence-electron chi connectivity index (χ1n) is 5.41. The van der Waals surface area contributed by atoms with E-state index in [0.717, 1.165) is 25.9 Å². The predicted octanol–water partition coefficient (Wildman–Crippen LogP) is 1.59. The molecule has 1 saturated heterocycles. The van der Waals surface area contributed by atoms with Crippen LogP contribution in [0.15, 0.2) is 0 Å². The summed E-state index contributed by atoms with van der Waals surface area (Å²) in [4.78, 5) is 0. The largest absolute Gasteiger partial charge is 0.389 e. The quantitative estimate of drug-likeness (QED) is 0.752. The Morgan fingerprint density at radius 2 is 2.36 bits per heavy atom. The van der Waals surface area contributed by atoms with E-state index in [1.807, 2.05) is 6.92 Å². The van der Waals surface area contributed by atoms with Crippen molar-refractivity contribution < 1.29 is 14.6 Å². The molecular formula is C11H22O3. The standard InChI is InChI=1S/C11H22O3/c1-9(4-6-13-3)11(12)5-7-14-10(2)8-11/h9-10,12H,4-8H2,1-3H3. The normalized spacial score (nSPS) is 35.6. The Labute approximate surface area is 86.4 Å². The van der Waals surface area contributed by atoms with Crippen LogP contribution < -0.4 is 0 Å². The Kier molecular flexibility index (Phi) is 4.35. The van der Waals surface area contributed by atoms with Gasteiger partial charge in [-0.1, -0.05) is 6.92 Å². The van der Waals surface area contributed by atoms with Gasteiger partial charge in [0.05, 0.1) is 11.7 Å². The lowest BCUT2D eigenvalue weighted by atomic mass is 9.79. The van der Waals surface area contributed by atoms with Crippen molar-refractivity contribution >= 4 is 0 Å². The van der Waals surface area contributed by atoms with Gasteiger partial charge >= 0.3 is 0 Å². The van der Waals surface area contributed by atoms with E-state index in [4.69, 9.17) is 9.47 Å². The smallest absolute Gasteiger partial charge is 0.0720 e. The number of methoxy groups -OCH3 is 1. The summed E-state index contributed by atoms with van der Waals surface area (Å²) < 4.78 is 10.5. The zero-order chi connectivity index (χ0) is 10.6. The highest BCUT2D eigenvalue weighted by atomic mass is 16.5. The molecule has 0 aromatic heterocycles. The second kappa shape index (κ2) is 5.10. The maximum atomic E-state index is 10.4. The molecule has 0 aliphatic carbocycles. The van der Waals surface area contributed by atoms with E-state index in [0.29, 0.717) is 6.61 Å². The van der Waals surface area contributed by atoms with Crippen molar-refractivity contribution in [1.29, 1.82) is 0 Å². The minimum absolute atomic E-state index is 0.179. The molecule has 14 heavy (non-hydrogen) atoms. The van der Waals surface area contributed by atoms with Crippen molar-refractivity contribution in [2.75, 3.05) is 20.3 Å². The molecule has 0 saturated carbocycles. The van der Waals surface area contributed by atoms with E-state index < -0.39 is 5.60 Å². The SMILES string of the molecule is COCCC(C)C1(O)CCOC(C)C1. The first kappa shape index (κ1) is 12.0. The number of aliphatic hydroxyl groups is 1. The highest BCUT2D eigenvalue weighted by Crippen LogP contribution is 2.33. The van der Waals surface area contributed by atoms with Crippen LogP contribution in [-0.4, -0.2) is 37.1 Å². The second-order valence-electron chi connectivity index (χ2n) is 4.42. The van der Waals surface area contributed by atoms with Crippen molar-refractivity contribution in [3.05, 3.63) is 0 Å². The molecule has 0 aromatic carbocycles. The monoisotopic (exact) mass is 202 g/mol. The molecule has 3 atom stereocenters. The van der Waals surface area contributed by atoms with E-state index in [1.165, 1.54) is 0 Å². The summed E-state index contributed by atoms with van der Waals surface area (Å²) in [5.74, 6) is 0.286. The Hall–Kier alpha value is -0.120. The summed E-state index contributed by atoms with van der Waals surface area (Å²) in [6.07, 6.45) is 2.60. The number of rotatable bonds is 4. The molecule has 1 aliphatic heterocycles. The first-order valence-corrected chi connectivity index (χ1v) is 5.41. The Bertz CT molecular complexity index is 172. The molecule has 0 amide bonds. The molecular weight excluding hydrogens is 180 g/mol. The zero-order valence-corrected chi connectivity index (χ0v) is 9.45. The summed E-state index contributed by atoms with van der Waals surface area (Å²) in [7, 11) is 1.70. The van der Waals surface area contributed by atoms with E-state index in [-0.39, 0.29) is 12.0 Å². The highest BCUT2D eigenvalue weighted by molar-refractivity contribution is 4.88. The van der Waals surface area contributed by atoms with Crippen LogP contribution in [0.3, 0.4) is 0 Å². The summed E-state index contributed by atoms with van der Waals surface area (Å²) in [6.45, 7) is 5.51. The molecule has 3 heteroatoms. The van der Waals surface area contributed by atoms with E-state index >= 15 is 0 Å². The lowest BCUT2D eigenvalue weighted by Gasteiger charge is -2.40. The topological polar surface area (TPSA) is 38.7 Å². The molecule has 1 aliphatic rings. The average molecular weight is 202 g/mol. The predicted molar refractivity (Wildman–Crippen MR) is 55.3 cm³/mol. The van der Waals surface area contributed by atoms with Crippen LogP contribution in [0.4, 0.5) is 0 Å². The van der Waals surface area contributed by atoms with Gasteiger partial charge in [-0.15, -0.1) is 0 Å². The fourth-order valence-electron chi connectivity index (χ4n) is 2.11. The van der Waals surface area contributed by atoms with Gasteiger partial charge in [-0.05, 0) is 25.7 Å². The van der Waals surface area contributed by atoms with Gasteiger partial charge in [-0.25, -0.2) is 0 Å². The van der Waals surface area contributed by atoms with Crippen LogP contribution in [0.2, 0.25) is 0 Å². The average Bonchev–Trinajstić information content (AvgIpc) is 2.13. The van der Waals surface area contributed by atoms with Gasteiger partial charge in [0.15, 0.2) is 0 Å². The molecule has 0 bridgehead atoms. The summed E-state index contributed by atoms with van der Waals surface area (Å²) in [5, 5.41) is 10.4. The lowest BCUT2D eigenvalue weighted by molar-refractivity contribution is -0.126. The van der Waals surface area contributed by atoms with Crippen LogP contribution in [0, 0.1) is 5.92 Å². The van der Waals surface area contributed by atoms with Crippen LogP contribution in [0.25, 0.3) is 0 Å². The van der Waals surface area contributed by atoms with Gasteiger partial charge in [0.1, 0.15) is 0 Å². The third-order valence-electron chi connectivity index (χ3n) is 3.25. The summed E-state index contributed by atoms with van der Waals surface area (Å²) >= 11 is 0. The first-order chi connectivity index (χ1) is 6.58. The minimum atomic E-state index is -0.545. The molecule has 0 radical (unpaired) electrons. The molecule has 1 fully saturated rings. The summed E-state index contributed by atoms with van der Waals surface area (Å²) in [6, 6.07) is 0. The second-order valence-corrected chi connectivity index (χ2v) is 4.42. The molecule has 1 heterocycles. The molecule has 1 rings (SSSR count).